The fraction of sp³-hybridized carbons (Fsp3) is 0.900. The lowest BCUT2D eigenvalue weighted by molar-refractivity contribution is -0.143. The van der Waals surface area contributed by atoms with E-state index >= 15 is 0 Å². The number of halogens is 3. The summed E-state index contributed by atoms with van der Waals surface area (Å²) in [5, 5.41) is 7.77. The van der Waals surface area contributed by atoms with Gasteiger partial charge in [0.1, 0.15) is 0 Å². The van der Waals surface area contributed by atoms with Crippen molar-refractivity contribution in [1.29, 1.82) is 0 Å². The molecule has 31 heavy (non-hydrogen) atoms. The van der Waals surface area contributed by atoms with E-state index in [1.54, 1.807) is 0 Å². The minimum absolute atomic E-state index is 0. The predicted octanol–water partition coefficient (Wildman–Crippen LogP) is 1.27. The van der Waals surface area contributed by atoms with Crippen LogP contribution >= 0.6 is 37.2 Å². The van der Waals surface area contributed by atoms with Crippen LogP contribution in [0.5, 0.6) is 0 Å². The number of piperidine rings is 2. The molecule has 3 fully saturated rings. The van der Waals surface area contributed by atoms with E-state index in [1.807, 2.05) is 7.05 Å². The summed E-state index contributed by atoms with van der Waals surface area (Å²) in [4.78, 5) is 29.0. The number of carbonyl (C=O) groups is 2. The molecule has 0 aromatic heterocycles. The molecule has 3 saturated heterocycles. The number of ether oxygens (including phenoxy) is 1. The number of nitrogens with one attached hydrogen (secondary N) is 1. The van der Waals surface area contributed by atoms with Gasteiger partial charge in [-0.15, -0.1) is 37.2 Å². The van der Waals surface area contributed by atoms with Crippen molar-refractivity contribution in [2.24, 2.45) is 5.92 Å². The maximum atomic E-state index is 13.0. The summed E-state index contributed by atoms with van der Waals surface area (Å²) in [6, 6.07) is 0.697. The number of rotatable bonds is 6. The largest absolute Gasteiger partial charge is 0.469 e. The molecule has 0 atom stereocenters. The summed E-state index contributed by atoms with van der Waals surface area (Å²) in [7, 11) is 3.43. The third kappa shape index (κ3) is 8.84. The molecular weight excluding hydrogens is 465 g/mol. The smallest absolute Gasteiger partial charge is 0.306 e. The van der Waals surface area contributed by atoms with Crippen LogP contribution in [-0.4, -0.2) is 111 Å². The Morgan fingerprint density at radius 3 is 2.06 bits per heavy atom. The molecule has 0 saturated carbocycles. The Bertz CT molecular complexity index is 524. The van der Waals surface area contributed by atoms with E-state index in [0.29, 0.717) is 24.9 Å². The number of hydrogen-bond acceptors (Lipinski definition) is 7. The molecule has 1 N–H and O–H groups in total. The molecule has 0 unspecified atom stereocenters. The average molecular weight is 505 g/mol. The van der Waals surface area contributed by atoms with Crippen LogP contribution in [0.15, 0.2) is 0 Å². The first-order chi connectivity index (χ1) is 13.6. The van der Waals surface area contributed by atoms with E-state index in [0.717, 1.165) is 65.2 Å². The number of hydrazine groups is 1. The first kappa shape index (κ1) is 30.6. The molecular formula is C20H40Cl3N5O3. The maximum Gasteiger partial charge on any atom is 0.306 e. The Morgan fingerprint density at radius 2 is 1.52 bits per heavy atom. The lowest BCUT2D eigenvalue weighted by Crippen LogP contribution is -2.55. The summed E-state index contributed by atoms with van der Waals surface area (Å²) in [5.74, 6) is 0.318. The van der Waals surface area contributed by atoms with Crippen LogP contribution in [0, 0.1) is 5.92 Å². The van der Waals surface area contributed by atoms with Gasteiger partial charge in [0.2, 0.25) is 5.91 Å². The van der Waals surface area contributed by atoms with E-state index in [2.05, 4.69) is 25.1 Å². The van der Waals surface area contributed by atoms with Crippen molar-refractivity contribution in [3.63, 3.8) is 0 Å². The van der Waals surface area contributed by atoms with E-state index < -0.39 is 0 Å². The highest BCUT2D eigenvalue weighted by Gasteiger charge is 2.32. The number of carbonyl (C=O) groups excluding carboxylic acids is 2. The van der Waals surface area contributed by atoms with Gasteiger partial charge in [-0.05, 0) is 38.8 Å². The van der Waals surface area contributed by atoms with Gasteiger partial charge in [0.25, 0.3) is 0 Å². The van der Waals surface area contributed by atoms with Crippen LogP contribution in [0.1, 0.15) is 32.1 Å². The van der Waals surface area contributed by atoms with Crippen molar-refractivity contribution in [3.05, 3.63) is 0 Å². The summed E-state index contributed by atoms with van der Waals surface area (Å²) in [5.41, 5.74) is 0. The third-order valence-electron chi connectivity index (χ3n) is 6.62. The highest BCUT2D eigenvalue weighted by molar-refractivity contribution is 5.86. The Kier molecular flexibility index (Phi) is 15.3. The standard InChI is InChI=1S/C20H37N5O3.3ClH/c1-22(10-7-19(26)28-2)25-11-5-17(6-12-25)20(27)24-15-13-23(14-16-24)18-3-8-21-9-4-18;;;/h17-18,21H,3-16H2,1-2H3;3*1H. The van der Waals surface area contributed by atoms with Gasteiger partial charge >= 0.3 is 5.97 Å². The zero-order valence-electron chi connectivity index (χ0n) is 18.8. The van der Waals surface area contributed by atoms with Gasteiger partial charge in [0, 0.05) is 64.8 Å². The van der Waals surface area contributed by atoms with Crippen LogP contribution in [0.2, 0.25) is 0 Å². The Morgan fingerprint density at radius 1 is 0.935 bits per heavy atom. The van der Waals surface area contributed by atoms with Crippen molar-refractivity contribution in [1.82, 2.24) is 25.1 Å². The number of piperazine rings is 1. The second-order valence-corrected chi connectivity index (χ2v) is 8.28. The molecule has 1 amide bonds. The molecule has 0 spiro atoms. The van der Waals surface area contributed by atoms with Gasteiger partial charge in [0.05, 0.1) is 13.5 Å². The van der Waals surface area contributed by atoms with Gasteiger partial charge in [0.15, 0.2) is 0 Å². The second kappa shape index (κ2) is 15.5. The van der Waals surface area contributed by atoms with Crippen molar-refractivity contribution >= 4 is 49.1 Å². The summed E-state index contributed by atoms with van der Waals surface area (Å²) in [6.07, 6.45) is 4.66. The normalized spacial score (nSPS) is 21.6. The molecule has 3 rings (SSSR count). The van der Waals surface area contributed by atoms with Crippen LogP contribution in [0.25, 0.3) is 0 Å². The molecule has 0 aromatic rings. The van der Waals surface area contributed by atoms with Gasteiger partial charge < -0.3 is 15.0 Å². The van der Waals surface area contributed by atoms with Gasteiger partial charge in [-0.3, -0.25) is 14.5 Å². The Balaban J connectivity index is 0.00000300. The number of amides is 1. The molecule has 0 radical (unpaired) electrons. The minimum atomic E-state index is -0.180. The number of hydrogen-bond donors (Lipinski definition) is 1. The van der Waals surface area contributed by atoms with Crippen LogP contribution in [0.4, 0.5) is 0 Å². The van der Waals surface area contributed by atoms with Crippen LogP contribution in [0.3, 0.4) is 0 Å². The number of esters is 1. The molecule has 8 nitrogen and oxygen atoms in total. The highest BCUT2D eigenvalue weighted by atomic mass is 35.5. The molecule has 3 heterocycles. The minimum Gasteiger partial charge on any atom is -0.469 e. The van der Waals surface area contributed by atoms with Crippen molar-refractivity contribution in [2.45, 2.75) is 38.1 Å². The maximum absolute atomic E-state index is 13.0. The van der Waals surface area contributed by atoms with Crippen molar-refractivity contribution < 1.29 is 14.3 Å². The van der Waals surface area contributed by atoms with E-state index in [1.165, 1.54) is 20.0 Å². The molecule has 0 bridgehead atoms. The topological polar surface area (TPSA) is 68.4 Å². The number of methoxy groups -OCH3 is 1. The van der Waals surface area contributed by atoms with Crippen molar-refractivity contribution in [3.8, 4) is 0 Å². The first-order valence-electron chi connectivity index (χ1n) is 10.8. The second-order valence-electron chi connectivity index (χ2n) is 8.28. The lowest BCUT2D eigenvalue weighted by Gasteiger charge is -2.43. The summed E-state index contributed by atoms with van der Waals surface area (Å²) in [6.45, 7) is 8.45. The first-order valence-corrected chi connectivity index (χ1v) is 10.8. The van der Waals surface area contributed by atoms with Crippen molar-refractivity contribution in [2.75, 3.05) is 73.1 Å². The highest BCUT2D eigenvalue weighted by Crippen LogP contribution is 2.22. The lowest BCUT2D eigenvalue weighted by atomic mass is 9.95. The third-order valence-corrected chi connectivity index (χ3v) is 6.62. The monoisotopic (exact) mass is 503 g/mol. The quantitative estimate of drug-likeness (QED) is 0.546. The molecule has 0 aliphatic carbocycles. The predicted molar refractivity (Wildman–Crippen MR) is 129 cm³/mol. The van der Waals surface area contributed by atoms with Gasteiger partial charge in [-0.25, -0.2) is 10.0 Å². The molecule has 0 aromatic carbocycles. The Labute approximate surface area is 205 Å². The fourth-order valence-corrected chi connectivity index (χ4v) is 4.69. The average Bonchev–Trinajstić information content (AvgIpc) is 2.77. The summed E-state index contributed by atoms with van der Waals surface area (Å²) >= 11 is 0. The number of nitrogens with zero attached hydrogens (tertiary/aromatic N) is 4. The molecule has 3 aliphatic rings. The van der Waals surface area contributed by atoms with Gasteiger partial charge in [-0.1, -0.05) is 0 Å². The molecule has 3 aliphatic heterocycles. The summed E-state index contributed by atoms with van der Waals surface area (Å²) < 4.78 is 4.71. The fourth-order valence-electron chi connectivity index (χ4n) is 4.69. The van der Waals surface area contributed by atoms with E-state index in [-0.39, 0.29) is 49.1 Å². The van der Waals surface area contributed by atoms with E-state index in [9.17, 15) is 9.59 Å². The van der Waals surface area contributed by atoms with Crippen LogP contribution < -0.4 is 5.32 Å². The molecule has 11 heteroatoms. The van der Waals surface area contributed by atoms with E-state index in [4.69, 9.17) is 4.74 Å². The SMILES string of the molecule is COC(=O)CCN(C)N1CCC(C(=O)N2CCN(C3CCNCC3)CC2)CC1.Cl.Cl.Cl. The zero-order chi connectivity index (χ0) is 19.9. The van der Waals surface area contributed by atoms with Crippen LogP contribution in [-0.2, 0) is 14.3 Å². The zero-order valence-corrected chi connectivity index (χ0v) is 21.2. The molecule has 184 valence electrons. The Hall–Kier alpha value is -0.350. The van der Waals surface area contributed by atoms with Gasteiger partial charge in [-0.2, -0.15) is 0 Å².